The maximum Gasteiger partial charge on any atom is 0.238 e. The summed E-state index contributed by atoms with van der Waals surface area (Å²) in [5, 5.41) is 13.2. The average Bonchev–Trinajstić information content (AvgIpc) is 2.86. The summed E-state index contributed by atoms with van der Waals surface area (Å²) in [5.41, 5.74) is 1.41. The van der Waals surface area contributed by atoms with Gasteiger partial charge < -0.3 is 10.4 Å². The highest BCUT2D eigenvalue weighted by molar-refractivity contribution is 5.92. The van der Waals surface area contributed by atoms with Gasteiger partial charge in [-0.1, -0.05) is 32.9 Å². The molecule has 4 nitrogen and oxygen atoms in total. The number of nitrogens with zero attached hydrogens (tertiary/aromatic N) is 1. The maximum atomic E-state index is 12.3. The molecule has 1 amide bonds. The Bertz CT molecular complexity index is 538. The van der Waals surface area contributed by atoms with E-state index in [4.69, 9.17) is 0 Å². The van der Waals surface area contributed by atoms with Crippen molar-refractivity contribution in [3.05, 3.63) is 29.8 Å². The van der Waals surface area contributed by atoms with Crippen LogP contribution in [0.3, 0.4) is 0 Å². The normalized spacial score (nSPS) is 19.8. The van der Waals surface area contributed by atoms with Crippen LogP contribution in [-0.2, 0) is 10.2 Å². The minimum absolute atomic E-state index is 0.0235. The van der Waals surface area contributed by atoms with Crippen LogP contribution in [0.1, 0.15) is 53.0 Å². The summed E-state index contributed by atoms with van der Waals surface area (Å²) in [6, 6.07) is 8.08. The Morgan fingerprint density at radius 3 is 2.35 bits per heavy atom. The quantitative estimate of drug-likeness (QED) is 0.896. The van der Waals surface area contributed by atoms with Crippen molar-refractivity contribution in [2.24, 2.45) is 0 Å². The highest BCUT2D eigenvalue weighted by Crippen LogP contribution is 2.27. The molecule has 0 saturated carbocycles. The minimum atomic E-state index is -0.773. The van der Waals surface area contributed by atoms with Crippen LogP contribution in [0.15, 0.2) is 24.3 Å². The zero-order valence-electron chi connectivity index (χ0n) is 15.0. The second-order valence-electron chi connectivity index (χ2n) is 8.16. The van der Waals surface area contributed by atoms with Gasteiger partial charge in [-0.3, -0.25) is 9.69 Å². The van der Waals surface area contributed by atoms with Gasteiger partial charge in [0.2, 0.25) is 5.91 Å². The second-order valence-corrected chi connectivity index (χ2v) is 8.16. The smallest absolute Gasteiger partial charge is 0.238 e. The standard InChI is InChI=1S/C19H30N2O2/c1-18(2,3)14-8-10-15(11-9-14)20-17(22)13-21-12-6-7-16(21)19(4,5)23/h8-11,16,23H,6-7,12-13H2,1-5H3,(H,20,22)/t16-/m1/s1. The number of carbonyl (C=O) groups is 1. The van der Waals surface area contributed by atoms with E-state index < -0.39 is 5.60 Å². The number of anilines is 1. The van der Waals surface area contributed by atoms with Gasteiger partial charge in [0, 0.05) is 11.7 Å². The van der Waals surface area contributed by atoms with E-state index in [1.807, 2.05) is 26.0 Å². The van der Waals surface area contributed by atoms with Gasteiger partial charge in [0.05, 0.1) is 12.1 Å². The average molecular weight is 318 g/mol. The fraction of sp³-hybridized carbons (Fsp3) is 0.632. The first-order valence-electron chi connectivity index (χ1n) is 8.44. The molecule has 1 aliphatic heterocycles. The zero-order valence-corrected chi connectivity index (χ0v) is 15.0. The van der Waals surface area contributed by atoms with Crippen LogP contribution in [0.2, 0.25) is 0 Å². The van der Waals surface area contributed by atoms with Crippen molar-refractivity contribution in [1.29, 1.82) is 0 Å². The number of benzene rings is 1. The van der Waals surface area contributed by atoms with Gasteiger partial charge in [-0.05, 0) is 56.3 Å². The molecule has 0 radical (unpaired) electrons. The molecule has 0 bridgehead atoms. The Morgan fingerprint density at radius 1 is 1.22 bits per heavy atom. The molecule has 0 aliphatic carbocycles. The Balaban J connectivity index is 1.95. The molecule has 0 aromatic heterocycles. The van der Waals surface area contributed by atoms with Crippen LogP contribution < -0.4 is 5.32 Å². The first kappa shape index (κ1) is 18.0. The molecular weight excluding hydrogens is 288 g/mol. The van der Waals surface area contributed by atoms with E-state index in [-0.39, 0.29) is 17.4 Å². The largest absolute Gasteiger partial charge is 0.389 e. The van der Waals surface area contributed by atoms with Crippen LogP contribution in [0.4, 0.5) is 5.69 Å². The molecule has 2 N–H and O–H groups in total. The predicted octanol–water partition coefficient (Wildman–Crippen LogP) is 3.16. The molecule has 1 saturated heterocycles. The molecule has 1 aliphatic rings. The first-order chi connectivity index (χ1) is 10.6. The van der Waals surface area contributed by atoms with Crippen LogP contribution in [0, 0.1) is 0 Å². The van der Waals surface area contributed by atoms with Crippen molar-refractivity contribution in [3.8, 4) is 0 Å². The lowest BCUT2D eigenvalue weighted by atomic mass is 9.87. The Hall–Kier alpha value is -1.39. The molecule has 1 aromatic rings. The van der Waals surface area contributed by atoms with Gasteiger partial charge >= 0.3 is 0 Å². The van der Waals surface area contributed by atoms with E-state index >= 15 is 0 Å². The summed E-state index contributed by atoms with van der Waals surface area (Å²) in [6.45, 7) is 11.3. The summed E-state index contributed by atoms with van der Waals surface area (Å²) in [6.07, 6.45) is 1.97. The summed E-state index contributed by atoms with van der Waals surface area (Å²) in [7, 11) is 0. The molecule has 1 aromatic carbocycles. The topological polar surface area (TPSA) is 52.6 Å². The molecular formula is C19H30N2O2. The van der Waals surface area contributed by atoms with Crippen molar-refractivity contribution in [2.45, 2.75) is 64.5 Å². The van der Waals surface area contributed by atoms with E-state index in [0.29, 0.717) is 6.54 Å². The van der Waals surface area contributed by atoms with E-state index in [0.717, 1.165) is 25.1 Å². The fourth-order valence-corrected chi connectivity index (χ4v) is 3.25. The van der Waals surface area contributed by atoms with Crippen molar-refractivity contribution >= 4 is 11.6 Å². The molecule has 23 heavy (non-hydrogen) atoms. The third kappa shape index (κ3) is 4.79. The molecule has 128 valence electrons. The Morgan fingerprint density at radius 2 is 1.83 bits per heavy atom. The van der Waals surface area contributed by atoms with Crippen molar-refractivity contribution in [1.82, 2.24) is 4.90 Å². The number of amides is 1. The summed E-state index contributed by atoms with van der Waals surface area (Å²) >= 11 is 0. The minimum Gasteiger partial charge on any atom is -0.389 e. The number of hydrogen-bond acceptors (Lipinski definition) is 3. The van der Waals surface area contributed by atoms with Gasteiger partial charge in [-0.2, -0.15) is 0 Å². The van der Waals surface area contributed by atoms with Crippen molar-refractivity contribution in [3.63, 3.8) is 0 Å². The Kier molecular flexibility index (Phi) is 5.17. The molecule has 0 spiro atoms. The SMILES string of the molecule is CC(C)(C)c1ccc(NC(=O)CN2CCC[C@@H]2C(C)(C)O)cc1. The molecule has 1 fully saturated rings. The fourth-order valence-electron chi connectivity index (χ4n) is 3.25. The lowest BCUT2D eigenvalue weighted by molar-refractivity contribution is -0.118. The Labute approximate surface area is 139 Å². The van der Waals surface area contributed by atoms with Gasteiger partial charge in [0.1, 0.15) is 0 Å². The number of aliphatic hydroxyl groups is 1. The monoisotopic (exact) mass is 318 g/mol. The van der Waals surface area contributed by atoms with Crippen LogP contribution >= 0.6 is 0 Å². The van der Waals surface area contributed by atoms with Crippen molar-refractivity contribution < 1.29 is 9.90 Å². The number of likely N-dealkylation sites (tertiary alicyclic amines) is 1. The van der Waals surface area contributed by atoms with Gasteiger partial charge in [0.15, 0.2) is 0 Å². The van der Waals surface area contributed by atoms with E-state index in [1.165, 1.54) is 5.56 Å². The number of rotatable bonds is 4. The lowest BCUT2D eigenvalue weighted by Gasteiger charge is -2.33. The predicted molar refractivity (Wildman–Crippen MR) is 94.7 cm³/mol. The summed E-state index contributed by atoms with van der Waals surface area (Å²) in [4.78, 5) is 14.4. The van der Waals surface area contributed by atoms with Gasteiger partial charge in [-0.15, -0.1) is 0 Å². The highest BCUT2D eigenvalue weighted by Gasteiger charge is 2.36. The van der Waals surface area contributed by atoms with Gasteiger partial charge in [-0.25, -0.2) is 0 Å². The summed E-state index contributed by atoms with van der Waals surface area (Å²) in [5.74, 6) is -0.0235. The second kappa shape index (κ2) is 6.62. The van der Waals surface area contributed by atoms with E-state index in [9.17, 15) is 9.90 Å². The molecule has 1 atom stereocenters. The zero-order chi connectivity index (χ0) is 17.3. The number of nitrogens with one attached hydrogen (secondary N) is 1. The molecule has 1 heterocycles. The third-order valence-corrected chi connectivity index (χ3v) is 4.56. The van der Waals surface area contributed by atoms with Crippen LogP contribution in [0.5, 0.6) is 0 Å². The van der Waals surface area contributed by atoms with Crippen LogP contribution in [-0.4, -0.2) is 40.6 Å². The molecule has 4 heteroatoms. The lowest BCUT2D eigenvalue weighted by Crippen LogP contribution is -2.48. The van der Waals surface area contributed by atoms with Crippen molar-refractivity contribution in [2.75, 3.05) is 18.4 Å². The molecule has 0 unspecified atom stereocenters. The van der Waals surface area contributed by atoms with E-state index in [1.54, 1.807) is 0 Å². The third-order valence-electron chi connectivity index (χ3n) is 4.56. The van der Waals surface area contributed by atoms with E-state index in [2.05, 4.69) is 43.1 Å². The highest BCUT2D eigenvalue weighted by atomic mass is 16.3. The summed E-state index contributed by atoms with van der Waals surface area (Å²) < 4.78 is 0. The maximum absolute atomic E-state index is 12.3. The van der Waals surface area contributed by atoms with Gasteiger partial charge in [0.25, 0.3) is 0 Å². The first-order valence-corrected chi connectivity index (χ1v) is 8.44. The molecule has 2 rings (SSSR count). The number of hydrogen-bond donors (Lipinski definition) is 2. The number of carbonyl (C=O) groups excluding carboxylic acids is 1. The van der Waals surface area contributed by atoms with Crippen LogP contribution in [0.25, 0.3) is 0 Å².